The van der Waals surface area contributed by atoms with Crippen LogP contribution in [-0.2, 0) is 11.3 Å². The van der Waals surface area contributed by atoms with Crippen LogP contribution < -0.4 is 20.1 Å². The van der Waals surface area contributed by atoms with E-state index < -0.39 is 5.97 Å². The Morgan fingerprint density at radius 1 is 0.939 bits per heavy atom. The van der Waals surface area contributed by atoms with E-state index in [1.807, 2.05) is 38.1 Å². The molecule has 0 radical (unpaired) electrons. The largest absolute Gasteiger partial charge is 0.490 e. The summed E-state index contributed by atoms with van der Waals surface area (Å²) in [6.45, 7) is 4.43. The maximum Gasteiger partial charge on any atom is 0.335 e. The highest BCUT2D eigenvalue weighted by atomic mass is 35.5. The molecule has 0 aliphatic rings. The lowest BCUT2D eigenvalue weighted by Crippen LogP contribution is -2.20. The normalized spacial score (nSPS) is 10.4. The van der Waals surface area contributed by atoms with Crippen molar-refractivity contribution in [1.82, 2.24) is 0 Å². The average molecular weight is 469 g/mol. The van der Waals surface area contributed by atoms with Gasteiger partial charge in [0.05, 0.1) is 12.2 Å². The van der Waals surface area contributed by atoms with Crippen molar-refractivity contribution in [1.29, 1.82) is 0 Å². The van der Waals surface area contributed by atoms with Gasteiger partial charge in [-0.25, -0.2) is 4.79 Å². The van der Waals surface area contributed by atoms with Gasteiger partial charge >= 0.3 is 5.97 Å². The number of hydrogen-bond acceptors (Lipinski definition) is 5. The van der Waals surface area contributed by atoms with Crippen molar-refractivity contribution in [2.24, 2.45) is 0 Å². The number of aryl methyl sites for hydroxylation is 1. The SMILES string of the molecule is CCOc1cc(CNc2ccc(C(=O)O)cc2)c(Cl)cc1OCC(=O)Nc1ccc(C)cc1. The van der Waals surface area contributed by atoms with Gasteiger partial charge in [-0.2, -0.15) is 0 Å². The zero-order valence-corrected chi connectivity index (χ0v) is 19.1. The Balaban J connectivity index is 1.65. The Kier molecular flexibility index (Phi) is 8.16. The summed E-state index contributed by atoms with van der Waals surface area (Å²) in [7, 11) is 0. The van der Waals surface area contributed by atoms with Crippen LogP contribution in [0.15, 0.2) is 60.7 Å². The van der Waals surface area contributed by atoms with Gasteiger partial charge in [-0.3, -0.25) is 4.79 Å². The molecule has 0 heterocycles. The third-order valence-electron chi connectivity index (χ3n) is 4.72. The number of carboxylic acids is 1. The summed E-state index contributed by atoms with van der Waals surface area (Å²) in [5.41, 5.74) is 3.52. The summed E-state index contributed by atoms with van der Waals surface area (Å²) in [4.78, 5) is 23.2. The number of carbonyl (C=O) groups is 2. The Morgan fingerprint density at radius 2 is 1.58 bits per heavy atom. The van der Waals surface area contributed by atoms with Crippen LogP contribution >= 0.6 is 11.6 Å². The molecule has 3 aromatic carbocycles. The van der Waals surface area contributed by atoms with Gasteiger partial charge in [0, 0.05) is 29.0 Å². The molecule has 172 valence electrons. The monoisotopic (exact) mass is 468 g/mol. The Morgan fingerprint density at radius 3 is 2.21 bits per heavy atom. The highest BCUT2D eigenvalue weighted by Gasteiger charge is 2.13. The molecule has 3 rings (SSSR count). The fraction of sp³-hybridized carbons (Fsp3) is 0.200. The van der Waals surface area contributed by atoms with E-state index in [9.17, 15) is 9.59 Å². The topological polar surface area (TPSA) is 96.9 Å². The summed E-state index contributed by atoms with van der Waals surface area (Å²) >= 11 is 6.44. The highest BCUT2D eigenvalue weighted by molar-refractivity contribution is 6.31. The molecule has 0 fully saturated rings. The maximum atomic E-state index is 12.3. The molecule has 1 amide bonds. The number of carbonyl (C=O) groups excluding carboxylic acids is 1. The minimum Gasteiger partial charge on any atom is -0.490 e. The quantitative estimate of drug-likeness (QED) is 0.370. The van der Waals surface area contributed by atoms with Crippen LogP contribution in [0.3, 0.4) is 0 Å². The lowest BCUT2D eigenvalue weighted by atomic mass is 10.1. The molecule has 0 saturated heterocycles. The van der Waals surface area contributed by atoms with E-state index >= 15 is 0 Å². The zero-order chi connectivity index (χ0) is 23.8. The molecule has 0 atom stereocenters. The van der Waals surface area contributed by atoms with E-state index in [-0.39, 0.29) is 18.1 Å². The number of rotatable bonds is 10. The standard InChI is InChI=1S/C25H25ClN2O5/c1-3-32-22-12-18(14-27-19-10-6-17(7-11-19)25(30)31)21(26)13-23(22)33-15-24(29)28-20-8-4-16(2)5-9-20/h4-13,27H,3,14-15H2,1-2H3,(H,28,29)(H,30,31). The van der Waals surface area contributed by atoms with Crippen molar-refractivity contribution in [2.45, 2.75) is 20.4 Å². The van der Waals surface area contributed by atoms with Gasteiger partial charge in [0.15, 0.2) is 18.1 Å². The van der Waals surface area contributed by atoms with Crippen LogP contribution in [0.4, 0.5) is 11.4 Å². The number of nitrogens with one attached hydrogen (secondary N) is 2. The van der Waals surface area contributed by atoms with Crippen LogP contribution in [0.5, 0.6) is 11.5 Å². The van der Waals surface area contributed by atoms with Crippen LogP contribution in [0.25, 0.3) is 0 Å². The Bertz CT molecular complexity index is 1110. The van der Waals surface area contributed by atoms with Gasteiger partial charge in [-0.15, -0.1) is 0 Å². The molecule has 0 saturated carbocycles. The Hall–Kier alpha value is -3.71. The predicted molar refractivity (Wildman–Crippen MR) is 129 cm³/mol. The summed E-state index contributed by atoms with van der Waals surface area (Å²) in [6.07, 6.45) is 0. The molecular formula is C25H25ClN2O5. The number of hydrogen-bond donors (Lipinski definition) is 3. The minimum absolute atomic E-state index is 0.197. The molecule has 7 nitrogen and oxygen atoms in total. The lowest BCUT2D eigenvalue weighted by Gasteiger charge is -2.16. The Labute approximate surface area is 197 Å². The fourth-order valence-corrected chi connectivity index (χ4v) is 3.22. The van der Waals surface area contributed by atoms with Crippen LogP contribution in [-0.4, -0.2) is 30.2 Å². The first kappa shape index (κ1) is 23.9. The second-order valence-electron chi connectivity index (χ2n) is 7.26. The number of amides is 1. The van der Waals surface area contributed by atoms with Crippen molar-refractivity contribution < 1.29 is 24.2 Å². The smallest absolute Gasteiger partial charge is 0.335 e. The second kappa shape index (κ2) is 11.2. The molecule has 0 spiro atoms. The van der Waals surface area contributed by atoms with Crippen molar-refractivity contribution in [3.63, 3.8) is 0 Å². The van der Waals surface area contributed by atoms with Gasteiger partial charge in [-0.05, 0) is 61.9 Å². The first-order chi connectivity index (χ1) is 15.9. The number of benzene rings is 3. The van der Waals surface area contributed by atoms with Gasteiger partial charge in [0.2, 0.25) is 0 Å². The van der Waals surface area contributed by atoms with Crippen molar-refractivity contribution in [2.75, 3.05) is 23.8 Å². The molecule has 3 N–H and O–H groups in total. The molecule has 0 aliphatic heterocycles. The van der Waals surface area contributed by atoms with E-state index in [4.69, 9.17) is 26.2 Å². The molecular weight excluding hydrogens is 444 g/mol. The van der Waals surface area contributed by atoms with Crippen LogP contribution in [0.2, 0.25) is 5.02 Å². The highest BCUT2D eigenvalue weighted by Crippen LogP contribution is 2.34. The second-order valence-corrected chi connectivity index (χ2v) is 7.67. The molecule has 0 unspecified atom stereocenters. The number of ether oxygens (including phenoxy) is 2. The third-order valence-corrected chi connectivity index (χ3v) is 5.07. The summed E-state index contributed by atoms with van der Waals surface area (Å²) < 4.78 is 11.4. The van der Waals surface area contributed by atoms with Crippen LogP contribution in [0, 0.1) is 6.92 Å². The van der Waals surface area contributed by atoms with E-state index in [2.05, 4.69) is 10.6 Å². The molecule has 8 heteroatoms. The summed E-state index contributed by atoms with van der Waals surface area (Å²) in [6, 6.07) is 17.3. The average Bonchev–Trinajstić information content (AvgIpc) is 2.80. The molecule has 0 bridgehead atoms. The minimum atomic E-state index is -0.978. The predicted octanol–water partition coefficient (Wildman–Crippen LogP) is 5.37. The number of aromatic carboxylic acids is 1. The van der Waals surface area contributed by atoms with Crippen molar-refractivity contribution in [3.8, 4) is 11.5 Å². The third kappa shape index (κ3) is 6.89. The maximum absolute atomic E-state index is 12.3. The number of carboxylic acid groups (broad SMARTS) is 1. The van der Waals surface area contributed by atoms with Gasteiger partial charge in [0.1, 0.15) is 0 Å². The van der Waals surface area contributed by atoms with E-state index in [0.29, 0.717) is 35.4 Å². The molecule has 33 heavy (non-hydrogen) atoms. The fourth-order valence-electron chi connectivity index (χ4n) is 3.00. The first-order valence-electron chi connectivity index (χ1n) is 10.4. The molecule has 0 aliphatic carbocycles. The van der Waals surface area contributed by atoms with Crippen LogP contribution in [0.1, 0.15) is 28.4 Å². The molecule has 3 aromatic rings. The lowest BCUT2D eigenvalue weighted by molar-refractivity contribution is -0.118. The number of halogens is 1. The molecule has 0 aromatic heterocycles. The van der Waals surface area contributed by atoms with Gasteiger partial charge in [-0.1, -0.05) is 29.3 Å². The first-order valence-corrected chi connectivity index (χ1v) is 10.7. The van der Waals surface area contributed by atoms with E-state index in [1.54, 1.807) is 24.3 Å². The summed E-state index contributed by atoms with van der Waals surface area (Å²) in [5.74, 6) is -0.430. The van der Waals surface area contributed by atoms with Gasteiger partial charge in [0.25, 0.3) is 5.91 Å². The van der Waals surface area contributed by atoms with E-state index in [0.717, 1.165) is 16.8 Å². The summed E-state index contributed by atoms with van der Waals surface area (Å²) in [5, 5.41) is 15.4. The van der Waals surface area contributed by atoms with Gasteiger partial charge < -0.3 is 25.2 Å². The van der Waals surface area contributed by atoms with Crippen molar-refractivity contribution in [3.05, 3.63) is 82.4 Å². The van der Waals surface area contributed by atoms with Crippen molar-refractivity contribution >= 4 is 34.9 Å². The zero-order valence-electron chi connectivity index (χ0n) is 18.4. The van der Waals surface area contributed by atoms with E-state index in [1.165, 1.54) is 12.1 Å². The number of anilines is 2.